The van der Waals surface area contributed by atoms with Crippen LogP contribution in [0, 0.1) is 11.8 Å². The van der Waals surface area contributed by atoms with E-state index in [0.717, 1.165) is 13.1 Å². The number of piperazine rings is 1. The van der Waals surface area contributed by atoms with Crippen LogP contribution in [-0.4, -0.2) is 99.4 Å². The molecule has 4 atom stereocenters. The van der Waals surface area contributed by atoms with Gasteiger partial charge in [0, 0.05) is 55.3 Å². The first-order valence-corrected chi connectivity index (χ1v) is 12.0. The molecule has 5 heterocycles. The van der Waals surface area contributed by atoms with Crippen molar-refractivity contribution in [1.29, 1.82) is 0 Å². The summed E-state index contributed by atoms with van der Waals surface area (Å²) in [6.07, 6.45) is 0.569. The van der Waals surface area contributed by atoms with Crippen molar-refractivity contribution in [3.8, 4) is 0 Å². The molecule has 4 aliphatic heterocycles. The van der Waals surface area contributed by atoms with Gasteiger partial charge in [-0.1, -0.05) is 6.92 Å². The molecular weight excluding hydrogens is 450 g/mol. The lowest BCUT2D eigenvalue weighted by atomic mass is 9.79. The number of aliphatic hydroxyl groups excluding tert-OH is 1. The lowest BCUT2D eigenvalue weighted by Gasteiger charge is -2.46. The molecule has 3 saturated heterocycles. The number of carbonyl (C=O) groups is 3. The summed E-state index contributed by atoms with van der Waals surface area (Å²) in [5, 5.41) is 23.0. The molecule has 4 aliphatic rings. The van der Waals surface area contributed by atoms with Gasteiger partial charge in [0.05, 0.1) is 18.1 Å². The first-order chi connectivity index (χ1) is 15.8. The quantitative estimate of drug-likeness (QED) is 0.472. The van der Waals surface area contributed by atoms with Crippen molar-refractivity contribution < 1.29 is 29.0 Å². The van der Waals surface area contributed by atoms with Crippen LogP contribution in [0.3, 0.4) is 0 Å². The zero-order valence-electron chi connectivity index (χ0n) is 18.4. The third-order valence-electron chi connectivity index (χ3n) is 6.84. The molecule has 0 bridgehead atoms. The van der Waals surface area contributed by atoms with Gasteiger partial charge >= 0.3 is 5.97 Å². The summed E-state index contributed by atoms with van der Waals surface area (Å²) in [4.78, 5) is 47.0. The average Bonchev–Trinajstić information content (AvgIpc) is 3.32. The number of amides is 2. The maximum absolute atomic E-state index is 12.6. The third kappa shape index (κ3) is 3.60. The number of aliphatic hydroxyl groups is 1. The highest BCUT2D eigenvalue weighted by Gasteiger charge is 2.60. The lowest BCUT2D eigenvalue weighted by molar-refractivity contribution is -0.163. The maximum atomic E-state index is 12.6. The van der Waals surface area contributed by atoms with E-state index in [0.29, 0.717) is 37.1 Å². The summed E-state index contributed by atoms with van der Waals surface area (Å²) in [5.41, 5.74) is 0.327. The van der Waals surface area contributed by atoms with Crippen molar-refractivity contribution in [2.45, 2.75) is 31.2 Å². The van der Waals surface area contributed by atoms with E-state index in [1.807, 2.05) is 11.8 Å². The minimum atomic E-state index is -1.12. The summed E-state index contributed by atoms with van der Waals surface area (Å²) in [6.45, 7) is 7.46. The summed E-state index contributed by atoms with van der Waals surface area (Å²) >= 11 is 1.47. The Bertz CT molecular complexity index is 1010. The van der Waals surface area contributed by atoms with E-state index >= 15 is 0 Å². The Hall–Kier alpha value is -2.57. The van der Waals surface area contributed by atoms with Gasteiger partial charge in [-0.05, 0) is 6.92 Å². The van der Waals surface area contributed by atoms with Crippen molar-refractivity contribution >= 4 is 35.6 Å². The molecule has 33 heavy (non-hydrogen) atoms. The minimum Gasteiger partial charge on any atom is -0.477 e. The average molecular weight is 478 g/mol. The molecule has 3 fully saturated rings. The summed E-state index contributed by atoms with van der Waals surface area (Å²) in [5.74, 6) is -2.31. The number of fused-ring (bicyclic) bond motifs is 1. The summed E-state index contributed by atoms with van der Waals surface area (Å²) in [6, 6.07) is 0.0676. The van der Waals surface area contributed by atoms with Crippen LogP contribution in [0.25, 0.3) is 0 Å². The minimum absolute atomic E-state index is 0.0397. The van der Waals surface area contributed by atoms with E-state index in [-0.39, 0.29) is 40.4 Å². The van der Waals surface area contributed by atoms with Gasteiger partial charge in [-0.25, -0.2) is 4.79 Å². The van der Waals surface area contributed by atoms with Crippen molar-refractivity contribution in [2.75, 3.05) is 44.2 Å². The second-order valence-corrected chi connectivity index (χ2v) is 10.3. The van der Waals surface area contributed by atoms with Gasteiger partial charge in [0.15, 0.2) is 5.69 Å². The van der Waals surface area contributed by atoms with Crippen molar-refractivity contribution in [2.24, 2.45) is 11.8 Å². The van der Waals surface area contributed by atoms with Gasteiger partial charge < -0.3 is 34.6 Å². The zero-order chi connectivity index (χ0) is 23.4. The number of oxazole rings is 1. The Labute approximate surface area is 194 Å². The Morgan fingerprint density at radius 3 is 2.64 bits per heavy atom. The molecule has 12 heteroatoms. The van der Waals surface area contributed by atoms with Crippen LogP contribution in [0.15, 0.2) is 21.3 Å². The Balaban J connectivity index is 1.23. The van der Waals surface area contributed by atoms with Crippen LogP contribution in [0.4, 0.5) is 6.01 Å². The fraction of sp³-hybridized carbons (Fsp3) is 0.619. The standard InChI is InChI=1S/C21H27N5O6S/c1-10-15-14(11(2)27)19(29)26(15)16(20(30)31)17(10)33-12-7-25(8-12)21-23-13(9-32-21)18(28)24-5-3-22-4-6-24/h9-12,14-15,22,27H,3-8H2,1-2H3,(H,30,31)/t10-,11-,14?,15?/m1/s1. The van der Waals surface area contributed by atoms with Crippen LogP contribution in [0.1, 0.15) is 24.3 Å². The predicted octanol–water partition coefficient (Wildman–Crippen LogP) is -0.204. The van der Waals surface area contributed by atoms with Crippen LogP contribution >= 0.6 is 11.8 Å². The molecule has 2 unspecified atom stereocenters. The SMILES string of the molecule is C[C@@H](O)C1C(=O)N2C(C(=O)O)=C(SC3CN(c4nc(C(=O)N5CCNCC5)co4)C3)[C@H](C)C12. The van der Waals surface area contributed by atoms with Gasteiger partial charge in [-0.3, -0.25) is 9.59 Å². The largest absolute Gasteiger partial charge is 0.477 e. The number of hydrogen-bond donors (Lipinski definition) is 3. The molecule has 0 radical (unpaired) electrons. The molecule has 1 aromatic heterocycles. The van der Waals surface area contributed by atoms with Gasteiger partial charge in [0.1, 0.15) is 12.0 Å². The van der Waals surface area contributed by atoms with Gasteiger partial charge in [0.25, 0.3) is 11.9 Å². The fourth-order valence-electron chi connectivity index (χ4n) is 5.06. The third-order valence-corrected chi connectivity index (χ3v) is 8.29. The van der Waals surface area contributed by atoms with Crippen LogP contribution < -0.4 is 10.2 Å². The molecule has 1 aromatic rings. The molecular formula is C21H27N5O6S. The predicted molar refractivity (Wildman–Crippen MR) is 118 cm³/mol. The van der Waals surface area contributed by atoms with E-state index in [9.17, 15) is 24.6 Å². The number of nitrogens with zero attached hydrogens (tertiary/aromatic N) is 4. The van der Waals surface area contributed by atoms with Crippen molar-refractivity contribution in [1.82, 2.24) is 20.1 Å². The molecule has 5 rings (SSSR count). The van der Waals surface area contributed by atoms with E-state index in [2.05, 4.69) is 10.3 Å². The number of aliphatic carboxylic acids is 1. The molecule has 11 nitrogen and oxygen atoms in total. The maximum Gasteiger partial charge on any atom is 0.353 e. The summed E-state index contributed by atoms with van der Waals surface area (Å²) < 4.78 is 5.53. The van der Waals surface area contributed by atoms with Crippen LogP contribution in [0.2, 0.25) is 0 Å². The number of nitrogens with one attached hydrogen (secondary N) is 1. The molecule has 3 N–H and O–H groups in total. The first-order valence-electron chi connectivity index (χ1n) is 11.1. The molecule has 0 saturated carbocycles. The van der Waals surface area contributed by atoms with Crippen LogP contribution in [-0.2, 0) is 9.59 Å². The van der Waals surface area contributed by atoms with E-state index in [4.69, 9.17) is 4.42 Å². The second-order valence-electron chi connectivity index (χ2n) is 8.97. The Morgan fingerprint density at radius 2 is 2.00 bits per heavy atom. The normalized spacial score (nSPS) is 28.5. The lowest BCUT2D eigenvalue weighted by Crippen LogP contribution is -2.63. The first kappa shape index (κ1) is 22.2. The second kappa shape index (κ2) is 8.33. The molecule has 2 amide bonds. The number of carbonyl (C=O) groups excluding carboxylic acids is 2. The zero-order valence-corrected chi connectivity index (χ0v) is 19.2. The highest BCUT2D eigenvalue weighted by molar-refractivity contribution is 8.03. The van der Waals surface area contributed by atoms with Crippen molar-refractivity contribution in [3.05, 3.63) is 22.6 Å². The monoisotopic (exact) mass is 477 g/mol. The van der Waals surface area contributed by atoms with E-state index in [1.54, 1.807) is 11.8 Å². The number of aromatic nitrogens is 1. The number of carboxylic acids is 1. The number of carboxylic acid groups (broad SMARTS) is 1. The number of hydrogen-bond acceptors (Lipinski definition) is 9. The molecule has 178 valence electrons. The summed E-state index contributed by atoms with van der Waals surface area (Å²) in [7, 11) is 0. The van der Waals surface area contributed by atoms with Crippen LogP contribution in [0.5, 0.6) is 0 Å². The molecule has 0 aromatic carbocycles. The van der Waals surface area contributed by atoms with Gasteiger partial charge in [-0.15, -0.1) is 11.8 Å². The highest BCUT2D eigenvalue weighted by atomic mass is 32.2. The number of rotatable bonds is 6. The van der Waals surface area contributed by atoms with Gasteiger partial charge in [-0.2, -0.15) is 4.98 Å². The fourth-order valence-corrected chi connectivity index (χ4v) is 6.58. The number of anilines is 1. The van der Waals surface area contributed by atoms with Crippen molar-refractivity contribution in [3.63, 3.8) is 0 Å². The smallest absolute Gasteiger partial charge is 0.353 e. The van der Waals surface area contributed by atoms with E-state index in [1.165, 1.54) is 22.9 Å². The Morgan fingerprint density at radius 1 is 1.30 bits per heavy atom. The van der Waals surface area contributed by atoms with Gasteiger partial charge in [0.2, 0.25) is 5.91 Å². The number of β-lactam (4-membered cyclic amide) rings is 1. The topological polar surface area (TPSA) is 139 Å². The molecule has 0 spiro atoms. The molecule has 0 aliphatic carbocycles. The number of thioether (sulfide) groups is 1. The Kier molecular flexibility index (Phi) is 5.61. The highest BCUT2D eigenvalue weighted by Crippen LogP contribution is 2.52. The van der Waals surface area contributed by atoms with E-state index < -0.39 is 18.0 Å².